The summed E-state index contributed by atoms with van der Waals surface area (Å²) in [6, 6.07) is 0. The lowest BCUT2D eigenvalue weighted by atomic mass is 10.1. The Morgan fingerprint density at radius 1 is 1.05 bits per heavy atom. The third-order valence-electron chi connectivity index (χ3n) is 2.60. The largest absolute Gasteiger partial charge is 0.393 e. The number of anilines is 1. The topological polar surface area (TPSA) is 29.3 Å². The Morgan fingerprint density at radius 3 is 1.79 bits per heavy atom. The van der Waals surface area contributed by atoms with Crippen LogP contribution in [0, 0.1) is 35.0 Å². The predicted molar refractivity (Wildman–Crippen MR) is 65.5 cm³/mol. The Labute approximate surface area is 112 Å². The first-order chi connectivity index (χ1) is 8.68. The molecular formula is C11H11F5N2S. The van der Waals surface area contributed by atoms with Gasteiger partial charge >= 0.3 is 0 Å². The van der Waals surface area contributed by atoms with Crippen LogP contribution in [0.15, 0.2) is 0 Å². The summed E-state index contributed by atoms with van der Waals surface area (Å²) < 4.78 is 65.9. The molecule has 2 nitrogen and oxygen atoms in total. The zero-order valence-electron chi connectivity index (χ0n) is 10.1. The number of thiocarbonyl (C=S) groups is 1. The van der Waals surface area contributed by atoms with E-state index >= 15 is 0 Å². The molecular weight excluding hydrogens is 287 g/mol. The maximum absolute atomic E-state index is 13.5. The second-order valence-electron chi connectivity index (χ2n) is 4.10. The van der Waals surface area contributed by atoms with Crippen LogP contribution >= 0.6 is 12.2 Å². The SMILES string of the molecule is CC(CN(C)c1c(F)c(F)c(F)c(F)c1F)C(N)=S. The summed E-state index contributed by atoms with van der Waals surface area (Å²) in [5, 5.41) is 0. The first kappa shape index (κ1) is 15.6. The molecule has 0 radical (unpaired) electrons. The van der Waals surface area contributed by atoms with Gasteiger partial charge in [-0.3, -0.25) is 0 Å². The lowest BCUT2D eigenvalue weighted by Gasteiger charge is -2.24. The minimum Gasteiger partial charge on any atom is -0.393 e. The van der Waals surface area contributed by atoms with Crippen molar-refractivity contribution in [1.82, 2.24) is 0 Å². The number of hydrogen-bond donors (Lipinski definition) is 1. The van der Waals surface area contributed by atoms with E-state index in [4.69, 9.17) is 5.73 Å². The van der Waals surface area contributed by atoms with Crippen molar-refractivity contribution in [3.05, 3.63) is 29.1 Å². The molecule has 1 aromatic rings. The summed E-state index contributed by atoms with van der Waals surface area (Å²) in [7, 11) is 1.19. The van der Waals surface area contributed by atoms with Crippen molar-refractivity contribution in [2.75, 3.05) is 18.5 Å². The number of halogens is 5. The van der Waals surface area contributed by atoms with E-state index < -0.39 is 40.7 Å². The van der Waals surface area contributed by atoms with Gasteiger partial charge in [-0.05, 0) is 0 Å². The highest BCUT2D eigenvalue weighted by molar-refractivity contribution is 7.80. The highest BCUT2D eigenvalue weighted by Gasteiger charge is 2.28. The van der Waals surface area contributed by atoms with Crippen molar-refractivity contribution >= 4 is 22.9 Å². The van der Waals surface area contributed by atoms with Crippen LogP contribution in [0.2, 0.25) is 0 Å². The number of rotatable bonds is 4. The Morgan fingerprint density at radius 2 is 1.42 bits per heavy atom. The molecule has 106 valence electrons. The molecule has 19 heavy (non-hydrogen) atoms. The minimum absolute atomic E-state index is 0.0757. The molecule has 0 aliphatic rings. The molecule has 0 aromatic heterocycles. The molecule has 0 bridgehead atoms. The van der Waals surface area contributed by atoms with Gasteiger partial charge in [-0.1, -0.05) is 19.1 Å². The Hall–Kier alpha value is -1.44. The average Bonchev–Trinajstić information content (AvgIpc) is 2.34. The fraction of sp³-hybridized carbons (Fsp3) is 0.364. The standard InChI is InChI=1S/C11H11F5N2S/c1-4(11(17)19)3-18(2)10-8(15)6(13)5(12)7(14)9(10)16/h4H,3H2,1-2H3,(H2,17,19). The predicted octanol–water partition coefficient (Wildman–Crippen LogP) is 2.74. The minimum atomic E-state index is -2.19. The molecule has 1 rings (SSSR count). The normalized spacial score (nSPS) is 12.4. The quantitative estimate of drug-likeness (QED) is 0.401. The summed E-state index contributed by atoms with van der Waals surface area (Å²) in [4.78, 5) is 0.968. The molecule has 0 heterocycles. The van der Waals surface area contributed by atoms with E-state index in [1.165, 1.54) is 7.05 Å². The monoisotopic (exact) mass is 298 g/mol. The van der Waals surface area contributed by atoms with Gasteiger partial charge in [0.25, 0.3) is 0 Å². The fourth-order valence-electron chi connectivity index (χ4n) is 1.52. The molecule has 0 saturated heterocycles. The van der Waals surface area contributed by atoms with E-state index in [1.54, 1.807) is 6.92 Å². The molecule has 0 saturated carbocycles. The van der Waals surface area contributed by atoms with Crippen molar-refractivity contribution in [2.45, 2.75) is 6.92 Å². The van der Waals surface area contributed by atoms with Crippen molar-refractivity contribution in [1.29, 1.82) is 0 Å². The van der Waals surface area contributed by atoms with Gasteiger partial charge in [0.05, 0.1) is 4.99 Å². The Balaban J connectivity index is 3.24. The molecule has 1 atom stereocenters. The van der Waals surface area contributed by atoms with Gasteiger partial charge in [0.1, 0.15) is 5.69 Å². The zero-order valence-corrected chi connectivity index (χ0v) is 10.9. The highest BCUT2D eigenvalue weighted by Crippen LogP contribution is 2.29. The molecule has 1 unspecified atom stereocenters. The van der Waals surface area contributed by atoms with E-state index in [-0.39, 0.29) is 11.5 Å². The van der Waals surface area contributed by atoms with Gasteiger partial charge in [-0.15, -0.1) is 0 Å². The van der Waals surface area contributed by atoms with Crippen LogP contribution in [0.25, 0.3) is 0 Å². The van der Waals surface area contributed by atoms with Crippen LogP contribution in [-0.4, -0.2) is 18.6 Å². The second kappa shape index (κ2) is 5.68. The molecule has 8 heteroatoms. The van der Waals surface area contributed by atoms with E-state index in [0.717, 1.165) is 4.90 Å². The molecule has 0 spiro atoms. The number of nitrogens with two attached hydrogens (primary N) is 1. The summed E-state index contributed by atoms with van der Waals surface area (Å²) in [6.45, 7) is 1.50. The van der Waals surface area contributed by atoms with Crippen LogP contribution in [0.5, 0.6) is 0 Å². The van der Waals surface area contributed by atoms with E-state index in [1.807, 2.05) is 0 Å². The lowest BCUT2D eigenvalue weighted by Crippen LogP contribution is -2.32. The lowest BCUT2D eigenvalue weighted by molar-refractivity contribution is 0.378. The smallest absolute Gasteiger partial charge is 0.200 e. The average molecular weight is 298 g/mol. The maximum Gasteiger partial charge on any atom is 0.200 e. The van der Waals surface area contributed by atoms with Crippen LogP contribution < -0.4 is 10.6 Å². The molecule has 0 amide bonds. The summed E-state index contributed by atoms with van der Waals surface area (Å²) in [5.74, 6) is -10.4. The van der Waals surface area contributed by atoms with Crippen molar-refractivity contribution < 1.29 is 22.0 Å². The second-order valence-corrected chi connectivity index (χ2v) is 4.57. The fourth-order valence-corrected chi connectivity index (χ4v) is 1.60. The van der Waals surface area contributed by atoms with Crippen LogP contribution in [-0.2, 0) is 0 Å². The Bertz CT molecular complexity index is 491. The molecule has 2 N–H and O–H groups in total. The molecule has 0 fully saturated rings. The first-order valence-electron chi connectivity index (χ1n) is 5.20. The Kier molecular flexibility index (Phi) is 4.67. The van der Waals surface area contributed by atoms with E-state index in [0.29, 0.717) is 0 Å². The maximum atomic E-state index is 13.5. The number of nitrogens with zero attached hydrogens (tertiary/aromatic N) is 1. The molecule has 1 aromatic carbocycles. The molecule has 0 aliphatic carbocycles. The van der Waals surface area contributed by atoms with Gasteiger partial charge in [0, 0.05) is 19.5 Å². The van der Waals surface area contributed by atoms with Gasteiger partial charge in [0.15, 0.2) is 23.3 Å². The van der Waals surface area contributed by atoms with Gasteiger partial charge in [-0.2, -0.15) is 0 Å². The van der Waals surface area contributed by atoms with Crippen LogP contribution in [0.3, 0.4) is 0 Å². The highest BCUT2D eigenvalue weighted by atomic mass is 32.1. The first-order valence-corrected chi connectivity index (χ1v) is 5.61. The number of hydrogen-bond acceptors (Lipinski definition) is 2. The zero-order chi connectivity index (χ0) is 14.9. The summed E-state index contributed by atoms with van der Waals surface area (Å²) in [6.07, 6.45) is 0. The summed E-state index contributed by atoms with van der Waals surface area (Å²) in [5.41, 5.74) is 4.33. The van der Waals surface area contributed by atoms with Crippen LogP contribution in [0.4, 0.5) is 27.6 Å². The summed E-state index contributed by atoms with van der Waals surface area (Å²) >= 11 is 4.68. The number of benzene rings is 1. The van der Waals surface area contributed by atoms with Crippen molar-refractivity contribution in [3.63, 3.8) is 0 Å². The van der Waals surface area contributed by atoms with Gasteiger partial charge < -0.3 is 10.6 Å². The van der Waals surface area contributed by atoms with Crippen molar-refractivity contribution in [3.8, 4) is 0 Å². The van der Waals surface area contributed by atoms with Gasteiger partial charge in [-0.25, -0.2) is 22.0 Å². The van der Waals surface area contributed by atoms with Crippen molar-refractivity contribution in [2.24, 2.45) is 11.7 Å². The third-order valence-corrected chi connectivity index (χ3v) is 3.00. The van der Waals surface area contributed by atoms with E-state index in [2.05, 4.69) is 12.2 Å². The van der Waals surface area contributed by atoms with E-state index in [9.17, 15) is 22.0 Å². The molecule has 0 aliphatic heterocycles. The third kappa shape index (κ3) is 2.94. The van der Waals surface area contributed by atoms with Gasteiger partial charge in [0.2, 0.25) is 5.82 Å². The van der Waals surface area contributed by atoms with Crippen LogP contribution in [0.1, 0.15) is 6.92 Å².